The molecule has 1 aromatic carbocycles. The van der Waals surface area contributed by atoms with Crippen molar-refractivity contribution in [3.63, 3.8) is 0 Å². The van der Waals surface area contributed by atoms with E-state index in [-0.39, 0.29) is 13.2 Å². The molecule has 0 spiro atoms. The van der Waals surface area contributed by atoms with Gasteiger partial charge in [-0.15, -0.1) is 0 Å². The van der Waals surface area contributed by atoms with Crippen LogP contribution in [-0.2, 0) is 20.9 Å². The van der Waals surface area contributed by atoms with Crippen LogP contribution in [0.2, 0.25) is 0 Å². The first kappa shape index (κ1) is 25.9. The normalized spacial score (nSPS) is 13.8. The van der Waals surface area contributed by atoms with Crippen LogP contribution in [0.3, 0.4) is 0 Å². The number of pyridine rings is 1. The first-order valence-corrected chi connectivity index (χ1v) is 11.2. The van der Waals surface area contributed by atoms with Crippen LogP contribution in [0.5, 0.6) is 17.4 Å². The van der Waals surface area contributed by atoms with Gasteiger partial charge < -0.3 is 28.6 Å². The smallest absolute Gasteiger partial charge is 0.410 e. The third kappa shape index (κ3) is 6.88. The number of hydrogen-bond donors (Lipinski definition) is 0. The highest BCUT2D eigenvalue weighted by Gasteiger charge is 2.31. The van der Waals surface area contributed by atoms with Crippen molar-refractivity contribution in [2.45, 2.75) is 39.4 Å². The molecule has 0 atom stereocenters. The monoisotopic (exact) mass is 484 g/mol. The van der Waals surface area contributed by atoms with E-state index in [0.29, 0.717) is 47.2 Å². The summed E-state index contributed by atoms with van der Waals surface area (Å²) in [6.45, 7) is 6.12. The molecule has 188 valence electrons. The van der Waals surface area contributed by atoms with Crippen LogP contribution < -0.4 is 14.2 Å². The number of benzene rings is 1. The molecule has 9 heteroatoms. The Morgan fingerprint density at radius 1 is 1.03 bits per heavy atom. The second-order valence-electron chi connectivity index (χ2n) is 8.97. The van der Waals surface area contributed by atoms with Crippen LogP contribution in [-0.4, -0.2) is 62.0 Å². The minimum atomic E-state index is -0.632. The molecule has 0 saturated carbocycles. The number of carbonyl (C=O) groups is 2. The average molecular weight is 485 g/mol. The summed E-state index contributed by atoms with van der Waals surface area (Å²) in [6, 6.07) is 10.9. The molecule has 0 bridgehead atoms. The standard InChI is InChI=1S/C26H32N2O7/c1-26(2,3)35-25(30)28-11-10-20(21(15-28)24(29)33-6)22-8-7-9-23(27-22)34-16-17-12-18(31-4)14-19(13-17)32-5/h7-9,12-14H,10-11,15-16H2,1-6H3. The van der Waals surface area contributed by atoms with E-state index in [1.54, 1.807) is 47.1 Å². The number of esters is 1. The molecule has 3 rings (SSSR count). The maximum atomic E-state index is 12.6. The van der Waals surface area contributed by atoms with Gasteiger partial charge in [0.1, 0.15) is 23.7 Å². The maximum absolute atomic E-state index is 12.6. The van der Waals surface area contributed by atoms with Gasteiger partial charge in [0, 0.05) is 18.7 Å². The third-order valence-electron chi connectivity index (χ3n) is 5.26. The van der Waals surface area contributed by atoms with Crippen LogP contribution in [0, 0.1) is 0 Å². The fourth-order valence-electron chi connectivity index (χ4n) is 3.61. The number of hydrogen-bond acceptors (Lipinski definition) is 8. The van der Waals surface area contributed by atoms with Crippen molar-refractivity contribution in [2.75, 3.05) is 34.4 Å². The second kappa shape index (κ2) is 11.1. The Labute approximate surface area is 205 Å². The van der Waals surface area contributed by atoms with Crippen LogP contribution in [0.1, 0.15) is 38.4 Å². The zero-order valence-corrected chi connectivity index (χ0v) is 21.0. The summed E-state index contributed by atoms with van der Waals surface area (Å²) in [7, 11) is 4.49. The topological polar surface area (TPSA) is 96.4 Å². The highest BCUT2D eigenvalue weighted by molar-refractivity contribution is 5.98. The molecule has 0 unspecified atom stereocenters. The van der Waals surface area contributed by atoms with E-state index in [2.05, 4.69) is 4.98 Å². The van der Waals surface area contributed by atoms with E-state index >= 15 is 0 Å². The molecule has 35 heavy (non-hydrogen) atoms. The zero-order chi connectivity index (χ0) is 25.6. The number of methoxy groups -OCH3 is 3. The predicted octanol–water partition coefficient (Wildman–Crippen LogP) is 4.25. The van der Waals surface area contributed by atoms with Crippen molar-refractivity contribution in [2.24, 2.45) is 0 Å². The fraction of sp³-hybridized carbons (Fsp3) is 0.423. The fourth-order valence-corrected chi connectivity index (χ4v) is 3.61. The molecule has 0 N–H and O–H groups in total. The Balaban J connectivity index is 1.82. The minimum absolute atomic E-state index is 0.0767. The highest BCUT2D eigenvalue weighted by atomic mass is 16.6. The summed E-state index contributed by atoms with van der Waals surface area (Å²) < 4.78 is 27.0. The molecule has 9 nitrogen and oxygen atoms in total. The van der Waals surface area contributed by atoms with Crippen LogP contribution >= 0.6 is 0 Å². The Morgan fingerprint density at radius 3 is 2.31 bits per heavy atom. The van der Waals surface area contributed by atoms with Gasteiger partial charge in [-0.05, 0) is 56.5 Å². The quantitative estimate of drug-likeness (QED) is 0.539. The van der Waals surface area contributed by atoms with Gasteiger partial charge in [-0.1, -0.05) is 6.07 Å². The molecule has 2 heterocycles. The van der Waals surface area contributed by atoms with Crippen molar-refractivity contribution in [1.29, 1.82) is 0 Å². The molecule has 2 aromatic rings. The van der Waals surface area contributed by atoms with Crippen molar-refractivity contribution < 1.29 is 33.3 Å². The van der Waals surface area contributed by atoms with E-state index in [4.69, 9.17) is 23.7 Å². The number of nitrogens with zero attached hydrogens (tertiary/aromatic N) is 2. The summed E-state index contributed by atoms with van der Waals surface area (Å²) in [5, 5.41) is 0. The third-order valence-corrected chi connectivity index (χ3v) is 5.26. The number of rotatable bonds is 7. The van der Waals surface area contributed by atoms with E-state index in [1.807, 2.05) is 24.3 Å². The summed E-state index contributed by atoms with van der Waals surface area (Å²) in [5.41, 5.74) is 1.90. The molecular weight excluding hydrogens is 452 g/mol. The zero-order valence-electron chi connectivity index (χ0n) is 21.0. The lowest BCUT2D eigenvalue weighted by atomic mass is 9.97. The van der Waals surface area contributed by atoms with E-state index < -0.39 is 17.7 Å². The van der Waals surface area contributed by atoms with Gasteiger partial charge >= 0.3 is 12.1 Å². The maximum Gasteiger partial charge on any atom is 0.410 e. The lowest BCUT2D eigenvalue weighted by Crippen LogP contribution is -2.42. The summed E-state index contributed by atoms with van der Waals surface area (Å²) in [4.78, 5) is 31.2. The average Bonchev–Trinajstić information content (AvgIpc) is 2.85. The Morgan fingerprint density at radius 2 is 1.71 bits per heavy atom. The van der Waals surface area contributed by atoms with Gasteiger partial charge in [-0.2, -0.15) is 0 Å². The van der Waals surface area contributed by atoms with Crippen LogP contribution in [0.25, 0.3) is 5.57 Å². The van der Waals surface area contributed by atoms with E-state index in [1.165, 1.54) is 12.0 Å². The summed E-state index contributed by atoms with van der Waals surface area (Å²) in [5.74, 6) is 1.21. The number of ether oxygens (including phenoxy) is 5. The number of carbonyl (C=O) groups excluding carboxylic acids is 2. The van der Waals surface area contributed by atoms with Gasteiger partial charge in [0.05, 0.1) is 39.1 Å². The molecule has 1 amide bonds. The van der Waals surface area contributed by atoms with E-state index in [9.17, 15) is 9.59 Å². The first-order valence-electron chi connectivity index (χ1n) is 11.2. The molecule has 1 aliphatic heterocycles. The number of amides is 1. The van der Waals surface area contributed by atoms with Gasteiger partial charge in [-0.25, -0.2) is 14.6 Å². The van der Waals surface area contributed by atoms with Crippen LogP contribution in [0.15, 0.2) is 42.0 Å². The Hall–Kier alpha value is -3.75. The summed E-state index contributed by atoms with van der Waals surface area (Å²) in [6.07, 6.45) is -0.0514. The molecule has 0 radical (unpaired) electrons. The van der Waals surface area contributed by atoms with Gasteiger partial charge in [-0.3, -0.25) is 0 Å². The Bertz CT molecular complexity index is 1080. The molecular formula is C26H32N2O7. The lowest BCUT2D eigenvalue weighted by Gasteiger charge is -2.31. The number of aromatic nitrogens is 1. The summed E-state index contributed by atoms with van der Waals surface area (Å²) >= 11 is 0. The highest BCUT2D eigenvalue weighted by Crippen LogP contribution is 2.30. The SMILES string of the molecule is COC(=O)C1=C(c2cccc(OCc3cc(OC)cc(OC)c3)n2)CCN(C(=O)OC(C)(C)C)C1. The predicted molar refractivity (Wildman–Crippen MR) is 129 cm³/mol. The van der Waals surface area contributed by atoms with Crippen molar-refractivity contribution in [3.05, 3.63) is 53.2 Å². The van der Waals surface area contributed by atoms with Gasteiger partial charge in [0.15, 0.2) is 0 Å². The minimum Gasteiger partial charge on any atom is -0.497 e. The van der Waals surface area contributed by atoms with Crippen molar-refractivity contribution >= 4 is 17.6 Å². The lowest BCUT2D eigenvalue weighted by molar-refractivity contribution is -0.136. The molecule has 0 aliphatic carbocycles. The molecule has 1 aromatic heterocycles. The molecule has 1 aliphatic rings. The first-order chi connectivity index (χ1) is 16.6. The van der Waals surface area contributed by atoms with Crippen molar-refractivity contribution in [3.8, 4) is 17.4 Å². The Kier molecular flexibility index (Phi) is 8.22. The van der Waals surface area contributed by atoms with Crippen molar-refractivity contribution in [1.82, 2.24) is 9.88 Å². The second-order valence-corrected chi connectivity index (χ2v) is 8.97. The largest absolute Gasteiger partial charge is 0.497 e. The van der Waals surface area contributed by atoms with Gasteiger partial charge in [0.25, 0.3) is 0 Å². The van der Waals surface area contributed by atoms with Crippen LogP contribution in [0.4, 0.5) is 4.79 Å². The van der Waals surface area contributed by atoms with E-state index in [0.717, 1.165) is 5.56 Å². The van der Waals surface area contributed by atoms with Gasteiger partial charge in [0.2, 0.25) is 5.88 Å². The molecule has 0 saturated heterocycles. The molecule has 0 fully saturated rings.